The Balaban J connectivity index is 2.37. The van der Waals surface area contributed by atoms with Crippen LogP contribution in [0.2, 0.25) is 0 Å². The molecule has 1 N–H and O–H groups in total. The molecule has 0 spiro atoms. The van der Waals surface area contributed by atoms with E-state index in [2.05, 4.69) is 24.3 Å². The summed E-state index contributed by atoms with van der Waals surface area (Å²) >= 11 is 0. The van der Waals surface area contributed by atoms with Crippen molar-refractivity contribution in [1.29, 1.82) is 0 Å². The summed E-state index contributed by atoms with van der Waals surface area (Å²) in [5.74, 6) is 0.0992. The van der Waals surface area contributed by atoms with Gasteiger partial charge in [-0.2, -0.15) is 0 Å². The quantitative estimate of drug-likeness (QED) is 0.421. The van der Waals surface area contributed by atoms with Gasteiger partial charge in [0.2, 0.25) is 5.91 Å². The van der Waals surface area contributed by atoms with Gasteiger partial charge in [0, 0.05) is 13.1 Å². The molecule has 0 aliphatic carbocycles. The summed E-state index contributed by atoms with van der Waals surface area (Å²) < 4.78 is 0. The van der Waals surface area contributed by atoms with Crippen molar-refractivity contribution < 1.29 is 4.79 Å². The van der Waals surface area contributed by atoms with Crippen molar-refractivity contribution in [2.45, 2.75) is 71.6 Å². The Kier molecular flexibility index (Phi) is 11.2. The minimum absolute atomic E-state index is 0.0992. The Morgan fingerprint density at radius 3 is 1.96 bits per heavy atom. The van der Waals surface area contributed by atoms with E-state index in [0.29, 0.717) is 6.42 Å². The lowest BCUT2D eigenvalue weighted by atomic mass is 10.1. The summed E-state index contributed by atoms with van der Waals surface area (Å²) in [5.41, 5.74) is 4.18. The molecule has 0 aliphatic rings. The van der Waals surface area contributed by atoms with Gasteiger partial charge >= 0.3 is 0 Å². The minimum atomic E-state index is 0.0992. The van der Waals surface area contributed by atoms with Crippen molar-refractivity contribution >= 4 is 5.91 Å². The first kappa shape index (κ1) is 19.7. The number of hydrogen-bond donors (Lipinski definition) is 1. The molecule has 1 rings (SSSR count). The number of unbranched alkanes of at least 4 members (excludes halogenated alkanes) is 6. The van der Waals surface area contributed by atoms with Crippen LogP contribution in [0.25, 0.3) is 0 Å². The second-order valence-electron chi connectivity index (χ2n) is 6.31. The molecule has 130 valence electrons. The van der Waals surface area contributed by atoms with Gasteiger partial charge in [0.05, 0.1) is 6.42 Å². The van der Waals surface area contributed by atoms with Gasteiger partial charge in [-0.1, -0.05) is 82.7 Å². The van der Waals surface area contributed by atoms with Gasteiger partial charge in [0.25, 0.3) is 0 Å². The van der Waals surface area contributed by atoms with Crippen LogP contribution in [0.15, 0.2) is 30.3 Å². The van der Waals surface area contributed by atoms with E-state index < -0.39 is 0 Å². The van der Waals surface area contributed by atoms with Crippen molar-refractivity contribution in [3.05, 3.63) is 35.9 Å². The summed E-state index contributed by atoms with van der Waals surface area (Å²) in [5, 5.41) is 2.14. The number of carbonyl (C=O) groups is 1. The highest BCUT2D eigenvalue weighted by Crippen LogP contribution is 2.05. The SMILES string of the molecule is CCCCCCN(CCCCCC)NC(=O)Cc1ccccc1. The summed E-state index contributed by atoms with van der Waals surface area (Å²) in [6, 6.07) is 9.96. The molecule has 23 heavy (non-hydrogen) atoms. The zero-order chi connectivity index (χ0) is 16.8. The monoisotopic (exact) mass is 318 g/mol. The molecule has 3 heteroatoms. The fourth-order valence-electron chi connectivity index (χ4n) is 2.68. The molecule has 1 amide bonds. The maximum absolute atomic E-state index is 12.2. The van der Waals surface area contributed by atoms with Crippen LogP contribution in [-0.4, -0.2) is 24.0 Å². The Hall–Kier alpha value is -1.35. The number of nitrogens with one attached hydrogen (secondary N) is 1. The van der Waals surface area contributed by atoms with E-state index in [1.54, 1.807) is 0 Å². The van der Waals surface area contributed by atoms with Crippen LogP contribution in [0.4, 0.5) is 0 Å². The first-order valence-corrected chi connectivity index (χ1v) is 9.34. The topological polar surface area (TPSA) is 32.3 Å². The molecule has 0 bridgehead atoms. The minimum Gasteiger partial charge on any atom is -0.289 e. The van der Waals surface area contributed by atoms with Crippen LogP contribution in [0.5, 0.6) is 0 Å². The van der Waals surface area contributed by atoms with E-state index in [-0.39, 0.29) is 5.91 Å². The van der Waals surface area contributed by atoms with Crippen molar-refractivity contribution in [3.63, 3.8) is 0 Å². The van der Waals surface area contributed by atoms with E-state index in [9.17, 15) is 4.79 Å². The highest BCUT2D eigenvalue weighted by atomic mass is 16.2. The Labute approximate surface area is 142 Å². The first-order chi connectivity index (χ1) is 11.3. The average molecular weight is 319 g/mol. The third-order valence-corrected chi connectivity index (χ3v) is 4.05. The number of amides is 1. The Bertz CT molecular complexity index is 393. The standard InChI is InChI=1S/C20H34N2O/c1-3-5-7-12-16-22(17-13-8-6-4-2)21-20(23)18-19-14-10-9-11-15-19/h9-11,14-15H,3-8,12-13,16-18H2,1-2H3,(H,21,23). The number of carbonyl (C=O) groups excluding carboxylic acids is 1. The van der Waals surface area contributed by atoms with Crippen LogP contribution in [0.3, 0.4) is 0 Å². The lowest BCUT2D eigenvalue weighted by Gasteiger charge is -2.23. The molecule has 0 fully saturated rings. The van der Waals surface area contributed by atoms with Crippen molar-refractivity contribution in [3.8, 4) is 0 Å². The van der Waals surface area contributed by atoms with Crippen LogP contribution in [0.1, 0.15) is 70.8 Å². The zero-order valence-electron chi connectivity index (χ0n) is 15.0. The summed E-state index contributed by atoms with van der Waals surface area (Å²) in [6.07, 6.45) is 10.3. The number of nitrogens with zero attached hydrogens (tertiary/aromatic N) is 1. The molecule has 1 aromatic rings. The fraction of sp³-hybridized carbons (Fsp3) is 0.650. The second-order valence-corrected chi connectivity index (χ2v) is 6.31. The molecule has 0 saturated carbocycles. The molecule has 3 nitrogen and oxygen atoms in total. The van der Waals surface area contributed by atoms with Gasteiger partial charge in [0.15, 0.2) is 0 Å². The largest absolute Gasteiger partial charge is 0.289 e. The molecule has 0 heterocycles. The fourth-order valence-corrected chi connectivity index (χ4v) is 2.68. The van der Waals surface area contributed by atoms with E-state index in [1.807, 2.05) is 30.3 Å². The number of hydrazine groups is 1. The van der Waals surface area contributed by atoms with Crippen LogP contribution in [0, 0.1) is 0 Å². The van der Waals surface area contributed by atoms with Gasteiger partial charge in [-0.15, -0.1) is 0 Å². The predicted molar refractivity (Wildman–Crippen MR) is 98.1 cm³/mol. The van der Waals surface area contributed by atoms with Crippen molar-refractivity contribution in [2.75, 3.05) is 13.1 Å². The number of benzene rings is 1. The molecule has 1 aromatic carbocycles. The van der Waals surface area contributed by atoms with Gasteiger partial charge < -0.3 is 0 Å². The molecule has 0 aromatic heterocycles. The molecule has 0 unspecified atom stereocenters. The molecular formula is C20H34N2O. The highest BCUT2D eigenvalue weighted by Gasteiger charge is 2.09. The smallest absolute Gasteiger partial charge is 0.238 e. The van der Waals surface area contributed by atoms with Crippen molar-refractivity contribution in [1.82, 2.24) is 10.4 Å². The van der Waals surface area contributed by atoms with E-state index >= 15 is 0 Å². The van der Waals surface area contributed by atoms with Gasteiger partial charge in [-0.3, -0.25) is 10.2 Å². The van der Waals surface area contributed by atoms with E-state index in [4.69, 9.17) is 0 Å². The average Bonchev–Trinajstić information content (AvgIpc) is 2.56. The molecule has 0 radical (unpaired) electrons. The predicted octanol–water partition coefficient (Wildman–Crippen LogP) is 4.72. The lowest BCUT2D eigenvalue weighted by molar-refractivity contribution is -0.125. The van der Waals surface area contributed by atoms with E-state index in [0.717, 1.165) is 31.5 Å². The number of rotatable bonds is 13. The van der Waals surface area contributed by atoms with Crippen LogP contribution >= 0.6 is 0 Å². The zero-order valence-corrected chi connectivity index (χ0v) is 15.0. The molecular weight excluding hydrogens is 284 g/mol. The van der Waals surface area contributed by atoms with Crippen molar-refractivity contribution in [2.24, 2.45) is 0 Å². The maximum atomic E-state index is 12.2. The highest BCUT2D eigenvalue weighted by molar-refractivity contribution is 5.78. The van der Waals surface area contributed by atoms with Crippen LogP contribution in [-0.2, 0) is 11.2 Å². The summed E-state index contributed by atoms with van der Waals surface area (Å²) in [4.78, 5) is 12.2. The number of hydrogen-bond acceptors (Lipinski definition) is 2. The summed E-state index contributed by atoms with van der Waals surface area (Å²) in [6.45, 7) is 6.38. The van der Waals surface area contributed by atoms with Gasteiger partial charge in [-0.25, -0.2) is 5.01 Å². The summed E-state index contributed by atoms with van der Waals surface area (Å²) in [7, 11) is 0. The normalized spacial score (nSPS) is 10.9. The Morgan fingerprint density at radius 1 is 0.870 bits per heavy atom. The third kappa shape index (κ3) is 10.1. The van der Waals surface area contributed by atoms with E-state index in [1.165, 1.54) is 38.5 Å². The van der Waals surface area contributed by atoms with Crippen LogP contribution < -0.4 is 5.43 Å². The van der Waals surface area contributed by atoms with Gasteiger partial charge in [-0.05, 0) is 18.4 Å². The maximum Gasteiger partial charge on any atom is 0.238 e. The van der Waals surface area contributed by atoms with Gasteiger partial charge in [0.1, 0.15) is 0 Å². The Morgan fingerprint density at radius 2 is 1.43 bits per heavy atom. The third-order valence-electron chi connectivity index (χ3n) is 4.05. The first-order valence-electron chi connectivity index (χ1n) is 9.34. The molecule has 0 saturated heterocycles. The molecule has 0 aliphatic heterocycles. The lowest BCUT2D eigenvalue weighted by Crippen LogP contribution is -2.44. The second kappa shape index (κ2) is 13.1. The molecule has 0 atom stereocenters.